The van der Waals surface area contributed by atoms with Crippen LogP contribution in [0.4, 0.5) is 25.0 Å². The molecule has 208 valence electrons. The zero-order chi connectivity index (χ0) is 28.2. The normalized spacial score (nSPS) is 14.9. The number of anilines is 2. The molecule has 0 aliphatic carbocycles. The van der Waals surface area contributed by atoms with E-state index in [-0.39, 0.29) is 43.5 Å². The molecular weight excluding hydrogens is 522 g/mol. The van der Waals surface area contributed by atoms with Gasteiger partial charge in [-0.1, -0.05) is 23.4 Å². The number of aromatic nitrogens is 4. The van der Waals surface area contributed by atoms with Crippen LogP contribution >= 0.6 is 0 Å². The Morgan fingerprint density at radius 2 is 1.98 bits per heavy atom. The largest absolute Gasteiger partial charge is 0.442 e. The lowest BCUT2D eigenvalue weighted by Crippen LogP contribution is -2.44. The highest BCUT2D eigenvalue weighted by molar-refractivity contribution is 5.96. The maximum Gasteiger partial charge on any atom is 0.414 e. The number of rotatable bonds is 10. The minimum Gasteiger partial charge on any atom is -0.442 e. The molecule has 11 nitrogen and oxygen atoms in total. The molecule has 0 radical (unpaired) electrons. The highest BCUT2D eigenvalue weighted by Gasteiger charge is 2.34. The lowest BCUT2D eigenvalue weighted by Gasteiger charge is -2.27. The van der Waals surface area contributed by atoms with Crippen molar-refractivity contribution in [3.8, 4) is 0 Å². The molecule has 0 spiro atoms. The second kappa shape index (κ2) is 11.6. The fourth-order valence-electron chi connectivity index (χ4n) is 4.61. The van der Waals surface area contributed by atoms with Gasteiger partial charge in [-0.2, -0.15) is 0 Å². The molecule has 1 N–H and O–H groups in total. The van der Waals surface area contributed by atoms with Crippen molar-refractivity contribution in [2.24, 2.45) is 0 Å². The first-order valence-electron chi connectivity index (χ1n) is 12.8. The number of hydrogen-bond donors (Lipinski definition) is 1. The molecule has 13 heteroatoms. The van der Waals surface area contributed by atoms with Gasteiger partial charge >= 0.3 is 6.09 Å². The summed E-state index contributed by atoms with van der Waals surface area (Å²) in [5, 5.41) is 9.73. The summed E-state index contributed by atoms with van der Waals surface area (Å²) in [4.78, 5) is 32.3. The molecule has 1 fully saturated rings. The van der Waals surface area contributed by atoms with Crippen LogP contribution in [0, 0.1) is 11.6 Å². The molecule has 1 saturated heterocycles. The Hall–Kier alpha value is -4.65. The SMILES string of the molecule is CCN(CCNN(C)C(=O)c1cnc2ccccc2c1)c1c(F)cc(N2C[C@H](Cn3ccnn3)OC2=O)cc1F. The number of ether oxygens (including phenoxy) is 1. The van der Waals surface area contributed by atoms with Gasteiger partial charge in [0.1, 0.15) is 11.8 Å². The molecule has 1 aliphatic rings. The average Bonchev–Trinajstić information content (AvgIpc) is 3.60. The molecule has 2 aromatic heterocycles. The molecule has 0 bridgehead atoms. The first-order chi connectivity index (χ1) is 19.3. The number of carbonyl (C=O) groups is 2. The van der Waals surface area contributed by atoms with Crippen LogP contribution in [-0.2, 0) is 11.3 Å². The van der Waals surface area contributed by atoms with Crippen molar-refractivity contribution in [2.75, 3.05) is 43.0 Å². The van der Waals surface area contributed by atoms with E-state index in [0.29, 0.717) is 12.1 Å². The number of amides is 2. The van der Waals surface area contributed by atoms with Gasteiger partial charge < -0.3 is 9.64 Å². The lowest BCUT2D eigenvalue weighted by atomic mass is 10.1. The van der Waals surface area contributed by atoms with Gasteiger partial charge in [0.25, 0.3) is 5.91 Å². The van der Waals surface area contributed by atoms with E-state index in [0.717, 1.165) is 23.0 Å². The summed E-state index contributed by atoms with van der Waals surface area (Å²) in [6.45, 7) is 2.92. The monoisotopic (exact) mass is 550 g/mol. The van der Waals surface area contributed by atoms with Crippen LogP contribution in [-0.4, -0.2) is 76.3 Å². The van der Waals surface area contributed by atoms with E-state index in [1.807, 2.05) is 24.3 Å². The Bertz CT molecular complexity index is 1490. The quantitative estimate of drug-likeness (QED) is 0.300. The number of nitrogens with one attached hydrogen (secondary N) is 1. The van der Waals surface area contributed by atoms with E-state index < -0.39 is 23.8 Å². The van der Waals surface area contributed by atoms with Crippen LogP contribution in [0.5, 0.6) is 0 Å². The molecule has 1 atom stereocenters. The molecule has 0 saturated carbocycles. The predicted molar refractivity (Wildman–Crippen MR) is 144 cm³/mol. The Morgan fingerprint density at radius 3 is 2.70 bits per heavy atom. The van der Waals surface area contributed by atoms with E-state index in [1.54, 1.807) is 26.2 Å². The summed E-state index contributed by atoms with van der Waals surface area (Å²) in [5.74, 6) is -1.91. The number of benzene rings is 2. The zero-order valence-electron chi connectivity index (χ0n) is 22.0. The van der Waals surface area contributed by atoms with Gasteiger partial charge in [-0.05, 0) is 19.1 Å². The number of nitrogens with zero attached hydrogens (tertiary/aromatic N) is 7. The van der Waals surface area contributed by atoms with E-state index in [1.165, 1.54) is 31.9 Å². The van der Waals surface area contributed by atoms with Crippen LogP contribution in [0.2, 0.25) is 0 Å². The molecule has 2 aromatic carbocycles. The topological polar surface area (TPSA) is 109 Å². The third kappa shape index (κ3) is 5.69. The summed E-state index contributed by atoms with van der Waals surface area (Å²) >= 11 is 0. The maximum atomic E-state index is 15.2. The van der Waals surface area contributed by atoms with Gasteiger partial charge in [0.15, 0.2) is 11.6 Å². The maximum absolute atomic E-state index is 15.2. The van der Waals surface area contributed by atoms with Gasteiger partial charge in [0.2, 0.25) is 0 Å². The van der Waals surface area contributed by atoms with Crippen LogP contribution in [0.3, 0.4) is 0 Å². The Kier molecular flexibility index (Phi) is 7.82. The Labute approximate surface area is 228 Å². The number of likely N-dealkylation sites (N-methyl/N-ethyl adjacent to an activating group) is 1. The molecule has 40 heavy (non-hydrogen) atoms. The van der Waals surface area contributed by atoms with Crippen molar-refractivity contribution in [3.05, 3.63) is 78.3 Å². The smallest absolute Gasteiger partial charge is 0.414 e. The third-order valence-electron chi connectivity index (χ3n) is 6.62. The number of fused-ring (bicyclic) bond motifs is 1. The summed E-state index contributed by atoms with van der Waals surface area (Å²) < 4.78 is 37.3. The van der Waals surface area contributed by atoms with Crippen molar-refractivity contribution >= 4 is 34.3 Å². The van der Waals surface area contributed by atoms with E-state index in [2.05, 4.69) is 20.7 Å². The van der Waals surface area contributed by atoms with E-state index in [9.17, 15) is 9.59 Å². The lowest BCUT2D eigenvalue weighted by molar-refractivity contribution is 0.0718. The standard InChI is InChI=1S/C27H28F2N8O3/c1-3-35(10-9-32-34(2)26(38)19-12-18-6-4-5-7-24(18)30-15-19)25-22(28)13-20(14-23(25)29)37-17-21(40-27(37)39)16-36-11-8-31-33-36/h4-8,11-15,21,32H,3,9-10,16-17H2,1-2H3/t21-/m0/s1. The van der Waals surface area contributed by atoms with Gasteiger partial charge in [0, 0.05) is 56.6 Å². The molecule has 2 amide bonds. The van der Waals surface area contributed by atoms with Gasteiger partial charge in [-0.15, -0.1) is 5.10 Å². The van der Waals surface area contributed by atoms with Crippen LogP contribution < -0.4 is 15.2 Å². The van der Waals surface area contributed by atoms with Crippen LogP contribution in [0.25, 0.3) is 10.9 Å². The Balaban J connectivity index is 1.21. The highest BCUT2D eigenvalue weighted by atomic mass is 19.1. The third-order valence-corrected chi connectivity index (χ3v) is 6.62. The van der Waals surface area contributed by atoms with Gasteiger partial charge in [-0.3, -0.25) is 19.7 Å². The summed E-state index contributed by atoms with van der Waals surface area (Å²) in [5.41, 5.74) is 4.03. The first-order valence-corrected chi connectivity index (χ1v) is 12.8. The fourth-order valence-corrected chi connectivity index (χ4v) is 4.61. The average molecular weight is 551 g/mol. The van der Waals surface area contributed by atoms with E-state index in [4.69, 9.17) is 4.74 Å². The van der Waals surface area contributed by atoms with Crippen molar-refractivity contribution in [1.29, 1.82) is 0 Å². The number of para-hydroxylation sites is 1. The van der Waals surface area contributed by atoms with Crippen molar-refractivity contribution in [1.82, 2.24) is 30.4 Å². The number of carbonyl (C=O) groups excluding carboxylic acids is 2. The number of pyridine rings is 1. The number of cyclic esters (lactones) is 1. The summed E-state index contributed by atoms with van der Waals surface area (Å²) in [7, 11) is 1.58. The number of hydrogen-bond acceptors (Lipinski definition) is 8. The fraction of sp³-hybridized carbons (Fsp3) is 0.296. The second-order valence-electron chi connectivity index (χ2n) is 9.27. The number of hydrazine groups is 1. The van der Waals surface area contributed by atoms with Gasteiger partial charge in [0.05, 0.1) is 36.1 Å². The molecular formula is C27H28F2N8O3. The molecule has 3 heterocycles. The minimum atomic E-state index is -0.809. The Morgan fingerprint density at radius 1 is 1.20 bits per heavy atom. The molecule has 5 rings (SSSR count). The van der Waals surface area contributed by atoms with Gasteiger partial charge in [-0.25, -0.2) is 23.7 Å². The second-order valence-corrected chi connectivity index (χ2v) is 9.27. The van der Waals surface area contributed by atoms with Crippen molar-refractivity contribution in [3.63, 3.8) is 0 Å². The first kappa shape index (κ1) is 26.9. The van der Waals surface area contributed by atoms with Crippen LogP contribution in [0.1, 0.15) is 17.3 Å². The molecule has 0 unspecified atom stereocenters. The number of halogens is 2. The highest BCUT2D eigenvalue weighted by Crippen LogP contribution is 2.31. The van der Waals surface area contributed by atoms with E-state index >= 15 is 8.78 Å². The minimum absolute atomic E-state index is 0.0633. The molecule has 1 aliphatic heterocycles. The van der Waals surface area contributed by atoms with Crippen molar-refractivity contribution < 1.29 is 23.1 Å². The van der Waals surface area contributed by atoms with Crippen molar-refractivity contribution in [2.45, 2.75) is 19.6 Å². The van der Waals surface area contributed by atoms with Crippen LogP contribution in [0.15, 0.2) is 61.1 Å². The summed E-state index contributed by atoms with van der Waals surface area (Å²) in [6, 6.07) is 11.5. The summed E-state index contributed by atoms with van der Waals surface area (Å²) in [6.07, 6.45) is 3.42. The zero-order valence-corrected chi connectivity index (χ0v) is 22.0. The predicted octanol–water partition coefficient (Wildman–Crippen LogP) is 3.23. The molecule has 4 aromatic rings.